The fraction of sp³-hybridized carbons (Fsp3) is 0.417. The van der Waals surface area contributed by atoms with Gasteiger partial charge in [0.15, 0.2) is 0 Å². The second-order valence-electron chi connectivity index (χ2n) is 4.10. The molecule has 1 aromatic rings. The third-order valence-electron chi connectivity index (χ3n) is 2.56. The van der Waals surface area contributed by atoms with Gasteiger partial charge in [0, 0.05) is 11.3 Å². The van der Waals surface area contributed by atoms with E-state index in [1.165, 1.54) is 4.90 Å². The maximum Gasteiger partial charge on any atom is 0.227 e. The van der Waals surface area contributed by atoms with Crippen molar-refractivity contribution in [3.05, 3.63) is 24.3 Å². The van der Waals surface area contributed by atoms with Crippen molar-refractivity contribution in [1.82, 2.24) is 0 Å². The van der Waals surface area contributed by atoms with Crippen LogP contribution in [0.2, 0.25) is 0 Å². The molecule has 0 spiro atoms. The molecule has 2 rings (SSSR count). The Balaban J connectivity index is 2.48. The van der Waals surface area contributed by atoms with Crippen LogP contribution in [-0.2, 0) is 4.79 Å². The van der Waals surface area contributed by atoms with E-state index in [1.54, 1.807) is 11.8 Å². The number of thioether (sulfide) groups is 1. The fourth-order valence-electron chi connectivity index (χ4n) is 1.93. The Bertz CT molecular complexity index is 400. The molecule has 1 aliphatic heterocycles. The molecule has 0 fully saturated rings. The summed E-state index contributed by atoms with van der Waals surface area (Å²) in [6.45, 7) is 6.08. The van der Waals surface area contributed by atoms with E-state index < -0.39 is 0 Å². The molecule has 15 heavy (non-hydrogen) atoms. The minimum absolute atomic E-state index is 0.156. The van der Waals surface area contributed by atoms with E-state index in [2.05, 4.69) is 19.9 Å². The molecular weight excluding hydrogens is 206 g/mol. The maximum atomic E-state index is 11.9. The number of carbonyl (C=O) groups excluding carboxylic acids is 1. The second kappa shape index (κ2) is 3.56. The molecule has 0 saturated heterocycles. The van der Waals surface area contributed by atoms with E-state index in [-0.39, 0.29) is 10.8 Å². The maximum absolute atomic E-state index is 11.9. The molecule has 0 N–H and O–H groups in total. The normalized spacial score (nSPS) is 17.7. The standard InChI is InChI=1S/C12H15NOS/c1-4-11(14)13-9-7-5-6-8-10(9)15-12(13,2)3/h5-8H,4H2,1-3H3. The Hall–Kier alpha value is -0.960. The topological polar surface area (TPSA) is 20.3 Å². The van der Waals surface area contributed by atoms with Crippen LogP contribution in [0.4, 0.5) is 5.69 Å². The predicted octanol–water partition coefficient (Wildman–Crippen LogP) is 3.27. The molecule has 0 bridgehead atoms. The summed E-state index contributed by atoms with van der Waals surface area (Å²) in [7, 11) is 0. The van der Waals surface area contributed by atoms with Crippen molar-refractivity contribution in [3.63, 3.8) is 0 Å². The van der Waals surface area contributed by atoms with Crippen molar-refractivity contribution in [2.45, 2.75) is 37.0 Å². The molecule has 0 unspecified atom stereocenters. The summed E-state index contributed by atoms with van der Waals surface area (Å²) in [4.78, 5) is 14.9. The lowest BCUT2D eigenvalue weighted by Crippen LogP contribution is -2.42. The summed E-state index contributed by atoms with van der Waals surface area (Å²) < 4.78 is 0. The number of amides is 1. The average molecular weight is 221 g/mol. The minimum atomic E-state index is -0.156. The van der Waals surface area contributed by atoms with Gasteiger partial charge >= 0.3 is 0 Å². The van der Waals surface area contributed by atoms with E-state index in [0.717, 1.165) is 5.69 Å². The molecule has 3 heteroatoms. The Kier molecular flexibility index (Phi) is 2.51. The van der Waals surface area contributed by atoms with Gasteiger partial charge in [-0.05, 0) is 26.0 Å². The van der Waals surface area contributed by atoms with E-state index in [4.69, 9.17) is 0 Å². The molecule has 80 valence electrons. The fourth-order valence-corrected chi connectivity index (χ4v) is 3.17. The molecule has 0 saturated carbocycles. The summed E-state index contributed by atoms with van der Waals surface area (Å²) >= 11 is 1.75. The first-order chi connectivity index (χ1) is 7.06. The van der Waals surface area contributed by atoms with Crippen LogP contribution in [0.1, 0.15) is 27.2 Å². The van der Waals surface area contributed by atoms with E-state index in [1.807, 2.05) is 30.0 Å². The Labute approximate surface area is 94.7 Å². The quantitative estimate of drug-likeness (QED) is 0.725. The van der Waals surface area contributed by atoms with Crippen LogP contribution in [0.15, 0.2) is 29.2 Å². The van der Waals surface area contributed by atoms with Gasteiger partial charge in [-0.25, -0.2) is 0 Å². The van der Waals surface area contributed by atoms with Gasteiger partial charge in [0.2, 0.25) is 5.91 Å². The van der Waals surface area contributed by atoms with Crippen LogP contribution in [0.3, 0.4) is 0 Å². The number of fused-ring (bicyclic) bond motifs is 1. The molecule has 0 atom stereocenters. The lowest BCUT2D eigenvalue weighted by atomic mass is 10.2. The van der Waals surface area contributed by atoms with Crippen molar-refractivity contribution in [2.24, 2.45) is 0 Å². The van der Waals surface area contributed by atoms with Crippen LogP contribution in [-0.4, -0.2) is 10.8 Å². The molecule has 2 nitrogen and oxygen atoms in total. The monoisotopic (exact) mass is 221 g/mol. The van der Waals surface area contributed by atoms with Gasteiger partial charge in [0.25, 0.3) is 0 Å². The highest BCUT2D eigenvalue weighted by atomic mass is 32.2. The number of hydrogen-bond acceptors (Lipinski definition) is 2. The van der Waals surface area contributed by atoms with Crippen molar-refractivity contribution in [2.75, 3.05) is 4.90 Å². The zero-order chi connectivity index (χ0) is 11.1. The zero-order valence-corrected chi connectivity index (χ0v) is 10.1. The molecule has 1 amide bonds. The van der Waals surface area contributed by atoms with E-state index >= 15 is 0 Å². The highest BCUT2D eigenvalue weighted by Crippen LogP contribution is 2.49. The van der Waals surface area contributed by atoms with Crippen molar-refractivity contribution in [1.29, 1.82) is 0 Å². The van der Waals surface area contributed by atoms with E-state index in [9.17, 15) is 4.79 Å². The molecule has 1 heterocycles. The molecule has 0 radical (unpaired) electrons. The molecule has 1 aromatic carbocycles. The zero-order valence-electron chi connectivity index (χ0n) is 9.28. The average Bonchev–Trinajstić information content (AvgIpc) is 2.46. The number of anilines is 1. The van der Waals surface area contributed by atoms with Crippen molar-refractivity contribution in [3.8, 4) is 0 Å². The summed E-state index contributed by atoms with van der Waals surface area (Å²) in [6, 6.07) is 8.09. The van der Waals surface area contributed by atoms with E-state index in [0.29, 0.717) is 6.42 Å². The van der Waals surface area contributed by atoms with Gasteiger partial charge in [0.05, 0.1) is 10.6 Å². The van der Waals surface area contributed by atoms with Gasteiger partial charge in [-0.15, -0.1) is 0 Å². The lowest BCUT2D eigenvalue weighted by molar-refractivity contribution is -0.118. The largest absolute Gasteiger partial charge is 0.296 e. The minimum Gasteiger partial charge on any atom is -0.296 e. The van der Waals surface area contributed by atoms with Gasteiger partial charge in [-0.2, -0.15) is 0 Å². The summed E-state index contributed by atoms with van der Waals surface area (Å²) in [5, 5.41) is 0. The van der Waals surface area contributed by atoms with Crippen LogP contribution in [0.25, 0.3) is 0 Å². The Morgan fingerprint density at radius 2 is 2.07 bits per heavy atom. The summed E-state index contributed by atoms with van der Waals surface area (Å²) in [5.41, 5.74) is 1.05. The summed E-state index contributed by atoms with van der Waals surface area (Å²) in [5.74, 6) is 0.192. The van der Waals surface area contributed by atoms with Gasteiger partial charge in [-0.1, -0.05) is 30.8 Å². The smallest absolute Gasteiger partial charge is 0.227 e. The first-order valence-corrected chi connectivity index (χ1v) is 5.99. The highest BCUT2D eigenvalue weighted by molar-refractivity contribution is 8.01. The van der Waals surface area contributed by atoms with Crippen LogP contribution in [0, 0.1) is 0 Å². The van der Waals surface area contributed by atoms with Crippen LogP contribution >= 0.6 is 11.8 Å². The molecular formula is C12H15NOS. The van der Waals surface area contributed by atoms with Crippen molar-refractivity contribution >= 4 is 23.4 Å². The molecule has 1 aliphatic rings. The third-order valence-corrected chi connectivity index (χ3v) is 3.80. The highest BCUT2D eigenvalue weighted by Gasteiger charge is 2.39. The number of carbonyl (C=O) groups is 1. The van der Waals surface area contributed by atoms with Gasteiger partial charge in [-0.3, -0.25) is 9.69 Å². The SMILES string of the molecule is CCC(=O)N1c2ccccc2SC1(C)C. The molecule has 0 aromatic heterocycles. The molecule has 0 aliphatic carbocycles. The third kappa shape index (κ3) is 1.65. The summed E-state index contributed by atoms with van der Waals surface area (Å²) in [6.07, 6.45) is 0.554. The number of benzene rings is 1. The lowest BCUT2D eigenvalue weighted by Gasteiger charge is -2.30. The first-order valence-electron chi connectivity index (χ1n) is 5.17. The van der Waals surface area contributed by atoms with Crippen LogP contribution in [0.5, 0.6) is 0 Å². The number of para-hydroxylation sites is 1. The first kappa shape index (κ1) is 10.6. The Morgan fingerprint density at radius 1 is 1.40 bits per heavy atom. The predicted molar refractivity (Wildman–Crippen MR) is 64.2 cm³/mol. The second-order valence-corrected chi connectivity index (χ2v) is 5.74. The number of hydrogen-bond donors (Lipinski definition) is 0. The Morgan fingerprint density at radius 3 is 2.73 bits per heavy atom. The van der Waals surface area contributed by atoms with Gasteiger partial charge in [0.1, 0.15) is 0 Å². The van der Waals surface area contributed by atoms with Crippen molar-refractivity contribution < 1.29 is 4.79 Å². The number of nitrogens with zero attached hydrogens (tertiary/aromatic N) is 1. The van der Waals surface area contributed by atoms with Gasteiger partial charge < -0.3 is 0 Å². The van der Waals surface area contributed by atoms with Crippen LogP contribution < -0.4 is 4.90 Å². The number of rotatable bonds is 1.